The molecule has 1 saturated carbocycles. The minimum absolute atomic E-state index is 0.334. The predicted molar refractivity (Wildman–Crippen MR) is 99.7 cm³/mol. The van der Waals surface area contributed by atoms with Crippen molar-refractivity contribution in [2.45, 2.75) is 70.1 Å². The molecule has 2 aromatic heterocycles. The van der Waals surface area contributed by atoms with Crippen LogP contribution in [0.25, 0.3) is 0 Å². The number of pyridine rings is 1. The average molecular weight is 355 g/mol. The summed E-state index contributed by atoms with van der Waals surface area (Å²) in [6.07, 6.45) is 10.9. The normalized spacial score (nSPS) is 20.5. The lowest BCUT2D eigenvalue weighted by molar-refractivity contribution is -0.00652. The van der Waals surface area contributed by atoms with Crippen molar-refractivity contribution in [3.8, 4) is 0 Å². The zero-order chi connectivity index (χ0) is 17.6. The van der Waals surface area contributed by atoms with Gasteiger partial charge in [0.15, 0.2) is 5.76 Å². The molecule has 0 N–H and O–H groups in total. The number of rotatable bonds is 6. The van der Waals surface area contributed by atoms with E-state index in [0.29, 0.717) is 18.6 Å². The summed E-state index contributed by atoms with van der Waals surface area (Å²) in [6, 6.07) is 8.15. The van der Waals surface area contributed by atoms with Gasteiger partial charge in [0.25, 0.3) is 0 Å². The Morgan fingerprint density at radius 1 is 1.08 bits per heavy atom. The molecule has 2 aliphatic rings. The van der Waals surface area contributed by atoms with Crippen molar-refractivity contribution in [1.82, 2.24) is 15.0 Å². The van der Waals surface area contributed by atoms with Gasteiger partial charge >= 0.3 is 0 Å². The molecular weight excluding hydrogens is 326 g/mol. The van der Waals surface area contributed by atoms with Gasteiger partial charge in [0.05, 0.1) is 30.6 Å². The first-order valence-electron chi connectivity index (χ1n) is 10.1. The Morgan fingerprint density at radius 2 is 1.92 bits per heavy atom. The second-order valence-corrected chi connectivity index (χ2v) is 7.66. The topological polar surface area (TPSA) is 51.4 Å². The molecule has 1 aliphatic carbocycles. The number of likely N-dealkylation sites (tertiary alicyclic amines) is 1. The van der Waals surface area contributed by atoms with E-state index in [4.69, 9.17) is 9.26 Å². The van der Waals surface area contributed by atoms with Crippen LogP contribution in [0.1, 0.15) is 68.0 Å². The number of piperidine rings is 1. The van der Waals surface area contributed by atoms with E-state index in [0.717, 1.165) is 43.9 Å². The van der Waals surface area contributed by atoms with Crippen molar-refractivity contribution >= 4 is 0 Å². The van der Waals surface area contributed by atoms with Crippen LogP contribution in [-0.4, -0.2) is 34.2 Å². The van der Waals surface area contributed by atoms with Crippen LogP contribution >= 0.6 is 0 Å². The van der Waals surface area contributed by atoms with E-state index in [1.165, 1.54) is 37.8 Å². The van der Waals surface area contributed by atoms with Crippen molar-refractivity contribution < 1.29 is 9.26 Å². The molecule has 1 aliphatic heterocycles. The molecule has 26 heavy (non-hydrogen) atoms. The molecule has 0 atom stereocenters. The third-order valence-electron chi connectivity index (χ3n) is 5.71. The second kappa shape index (κ2) is 8.78. The van der Waals surface area contributed by atoms with Gasteiger partial charge in [0.2, 0.25) is 0 Å². The van der Waals surface area contributed by atoms with Gasteiger partial charge in [-0.15, -0.1) is 0 Å². The summed E-state index contributed by atoms with van der Waals surface area (Å²) in [5, 5.41) is 4.35. The first-order valence-corrected chi connectivity index (χ1v) is 10.1. The minimum Gasteiger partial charge on any atom is -0.372 e. The maximum absolute atomic E-state index is 6.03. The molecule has 5 nitrogen and oxygen atoms in total. The Hall–Kier alpha value is -1.72. The highest BCUT2D eigenvalue weighted by Gasteiger charge is 2.23. The van der Waals surface area contributed by atoms with Crippen LogP contribution in [0.2, 0.25) is 0 Å². The molecule has 2 aromatic rings. The van der Waals surface area contributed by atoms with Crippen molar-refractivity contribution in [1.29, 1.82) is 0 Å². The molecule has 1 saturated heterocycles. The molecule has 0 spiro atoms. The lowest BCUT2D eigenvalue weighted by atomic mass is 9.87. The number of ether oxygens (including phenoxy) is 1. The summed E-state index contributed by atoms with van der Waals surface area (Å²) in [6.45, 7) is 3.57. The largest absolute Gasteiger partial charge is 0.372 e. The Kier molecular flexibility index (Phi) is 5.97. The molecule has 4 rings (SSSR count). The summed E-state index contributed by atoms with van der Waals surface area (Å²) in [5.74, 6) is 1.63. The molecule has 0 radical (unpaired) electrons. The monoisotopic (exact) mass is 355 g/mol. The Labute approximate surface area is 155 Å². The van der Waals surface area contributed by atoms with E-state index in [2.05, 4.69) is 21.1 Å². The molecule has 2 fully saturated rings. The smallest absolute Gasteiger partial charge is 0.150 e. The fourth-order valence-corrected chi connectivity index (χ4v) is 4.14. The number of nitrogens with zero attached hydrogens (tertiary/aromatic N) is 3. The Balaban J connectivity index is 1.21. The highest BCUT2D eigenvalue weighted by atomic mass is 16.5. The maximum Gasteiger partial charge on any atom is 0.150 e. The first kappa shape index (κ1) is 17.7. The number of aromatic nitrogens is 2. The molecule has 0 amide bonds. The van der Waals surface area contributed by atoms with Crippen LogP contribution in [0.3, 0.4) is 0 Å². The van der Waals surface area contributed by atoms with Crippen LogP contribution in [0.15, 0.2) is 35.0 Å². The molecule has 5 heteroatoms. The molecule has 0 aromatic carbocycles. The van der Waals surface area contributed by atoms with Gasteiger partial charge in [-0.2, -0.15) is 0 Å². The molecule has 140 valence electrons. The third kappa shape index (κ3) is 4.71. The van der Waals surface area contributed by atoms with E-state index < -0.39 is 0 Å². The van der Waals surface area contributed by atoms with Crippen LogP contribution in [0, 0.1) is 0 Å². The fraction of sp³-hybridized carbons (Fsp3) is 0.619. The molecule has 0 unspecified atom stereocenters. The highest BCUT2D eigenvalue weighted by molar-refractivity contribution is 5.11. The van der Waals surface area contributed by atoms with Gasteiger partial charge < -0.3 is 9.26 Å². The van der Waals surface area contributed by atoms with Crippen molar-refractivity contribution in [3.63, 3.8) is 0 Å². The fourth-order valence-electron chi connectivity index (χ4n) is 4.14. The van der Waals surface area contributed by atoms with Gasteiger partial charge in [-0.05, 0) is 37.8 Å². The van der Waals surface area contributed by atoms with Gasteiger partial charge in [-0.1, -0.05) is 30.5 Å². The van der Waals surface area contributed by atoms with E-state index in [1.54, 1.807) is 0 Å². The minimum atomic E-state index is 0.334. The van der Waals surface area contributed by atoms with Gasteiger partial charge in [-0.3, -0.25) is 9.88 Å². The first-order chi connectivity index (χ1) is 12.9. The van der Waals surface area contributed by atoms with Crippen LogP contribution in [-0.2, 0) is 17.9 Å². The van der Waals surface area contributed by atoms with Crippen molar-refractivity contribution in [3.05, 3.63) is 47.6 Å². The lowest BCUT2D eigenvalue weighted by Crippen LogP contribution is -2.36. The van der Waals surface area contributed by atoms with E-state index >= 15 is 0 Å². The number of hydrogen-bond acceptors (Lipinski definition) is 5. The summed E-state index contributed by atoms with van der Waals surface area (Å²) in [4.78, 5) is 6.77. The lowest BCUT2D eigenvalue weighted by Gasteiger charge is -2.31. The summed E-state index contributed by atoms with van der Waals surface area (Å²) in [5.41, 5.74) is 2.18. The standard InChI is InChI=1S/C21H29N3O2/c1-2-6-17(7-3-1)21-14-20(26-23-21)15-24-12-9-19(10-13-24)25-16-18-8-4-5-11-22-18/h4-5,8,11,14,17,19H,1-3,6-7,9-10,12-13,15-16H2. The van der Waals surface area contributed by atoms with E-state index in [-0.39, 0.29) is 0 Å². The maximum atomic E-state index is 6.03. The van der Waals surface area contributed by atoms with E-state index in [1.807, 2.05) is 24.4 Å². The van der Waals surface area contributed by atoms with Crippen LogP contribution in [0.4, 0.5) is 0 Å². The van der Waals surface area contributed by atoms with Gasteiger partial charge in [0, 0.05) is 31.3 Å². The SMILES string of the molecule is c1ccc(COC2CCN(Cc3cc(C4CCCCC4)no3)CC2)nc1. The zero-order valence-electron chi connectivity index (χ0n) is 15.5. The second-order valence-electron chi connectivity index (χ2n) is 7.66. The molecule has 3 heterocycles. The van der Waals surface area contributed by atoms with Gasteiger partial charge in [0.1, 0.15) is 0 Å². The third-order valence-corrected chi connectivity index (χ3v) is 5.71. The van der Waals surface area contributed by atoms with Gasteiger partial charge in [-0.25, -0.2) is 0 Å². The molecular formula is C21H29N3O2. The average Bonchev–Trinajstić information content (AvgIpc) is 3.17. The van der Waals surface area contributed by atoms with Crippen LogP contribution in [0.5, 0.6) is 0 Å². The van der Waals surface area contributed by atoms with E-state index in [9.17, 15) is 0 Å². The predicted octanol–water partition coefficient (Wildman–Crippen LogP) is 4.30. The highest BCUT2D eigenvalue weighted by Crippen LogP contribution is 2.32. The van der Waals surface area contributed by atoms with Crippen molar-refractivity contribution in [2.24, 2.45) is 0 Å². The number of hydrogen-bond donors (Lipinski definition) is 0. The quantitative estimate of drug-likeness (QED) is 0.773. The Bertz CT molecular complexity index is 659. The van der Waals surface area contributed by atoms with Crippen molar-refractivity contribution in [2.75, 3.05) is 13.1 Å². The van der Waals surface area contributed by atoms with Crippen LogP contribution < -0.4 is 0 Å². The summed E-state index contributed by atoms with van der Waals surface area (Å²) < 4.78 is 11.6. The summed E-state index contributed by atoms with van der Waals surface area (Å²) >= 11 is 0. The molecule has 0 bridgehead atoms. The Morgan fingerprint density at radius 3 is 2.69 bits per heavy atom. The summed E-state index contributed by atoms with van der Waals surface area (Å²) in [7, 11) is 0. The zero-order valence-corrected chi connectivity index (χ0v) is 15.5.